The van der Waals surface area contributed by atoms with Crippen molar-refractivity contribution in [3.63, 3.8) is 0 Å². The molecule has 2 heterocycles. The van der Waals surface area contributed by atoms with Crippen molar-refractivity contribution in [2.45, 2.75) is 33.2 Å². The first-order chi connectivity index (χ1) is 11.9. The molecule has 0 aromatic carbocycles. The van der Waals surface area contributed by atoms with Gasteiger partial charge in [0.2, 0.25) is 11.8 Å². The molecule has 134 valence electrons. The number of rotatable bonds is 7. The molecule has 0 radical (unpaired) electrons. The molecule has 1 atom stereocenters. The Kier molecular flexibility index (Phi) is 6.10. The summed E-state index contributed by atoms with van der Waals surface area (Å²) >= 11 is 0. The minimum absolute atomic E-state index is 0.0400. The first kappa shape index (κ1) is 18.4. The van der Waals surface area contributed by atoms with Crippen molar-refractivity contribution in [3.05, 3.63) is 46.5 Å². The van der Waals surface area contributed by atoms with Gasteiger partial charge in [0.15, 0.2) is 5.82 Å². The standard InChI is InChI=1S/C17H23N5O3/c1-11(2)14(10-19-12(3)23)20-16(24)8-13-9-17(25)22(21-13)15-6-4-5-7-18-15/h4-7,9,11,14,21H,8,10H2,1-3H3,(H,19,23)(H,20,24). The van der Waals surface area contributed by atoms with Crippen LogP contribution in [0.25, 0.3) is 5.82 Å². The van der Waals surface area contributed by atoms with Gasteiger partial charge >= 0.3 is 0 Å². The van der Waals surface area contributed by atoms with E-state index in [4.69, 9.17) is 0 Å². The highest BCUT2D eigenvalue weighted by Gasteiger charge is 2.17. The van der Waals surface area contributed by atoms with Crippen LogP contribution in [0.15, 0.2) is 35.3 Å². The summed E-state index contributed by atoms with van der Waals surface area (Å²) in [5, 5.41) is 8.49. The highest BCUT2D eigenvalue weighted by atomic mass is 16.2. The molecule has 2 rings (SSSR count). The van der Waals surface area contributed by atoms with Gasteiger partial charge in [0.05, 0.1) is 6.42 Å². The lowest BCUT2D eigenvalue weighted by atomic mass is 10.0. The van der Waals surface area contributed by atoms with E-state index in [1.807, 2.05) is 13.8 Å². The molecule has 0 saturated heterocycles. The van der Waals surface area contributed by atoms with Crippen molar-refractivity contribution in [1.29, 1.82) is 0 Å². The Morgan fingerprint density at radius 3 is 2.68 bits per heavy atom. The Hall–Kier alpha value is -2.90. The molecule has 0 fully saturated rings. The molecular formula is C17H23N5O3. The quantitative estimate of drug-likeness (QED) is 0.674. The van der Waals surface area contributed by atoms with Gasteiger partial charge in [-0.15, -0.1) is 0 Å². The van der Waals surface area contributed by atoms with Crippen molar-refractivity contribution in [3.8, 4) is 5.82 Å². The lowest BCUT2D eigenvalue weighted by Gasteiger charge is -2.22. The third-order valence-corrected chi connectivity index (χ3v) is 3.72. The molecule has 3 N–H and O–H groups in total. The first-order valence-corrected chi connectivity index (χ1v) is 8.13. The predicted molar refractivity (Wildman–Crippen MR) is 93.3 cm³/mol. The third kappa shape index (κ3) is 5.30. The zero-order valence-corrected chi connectivity index (χ0v) is 14.6. The van der Waals surface area contributed by atoms with Crippen LogP contribution in [-0.2, 0) is 16.0 Å². The molecule has 25 heavy (non-hydrogen) atoms. The van der Waals surface area contributed by atoms with Crippen molar-refractivity contribution >= 4 is 11.8 Å². The van der Waals surface area contributed by atoms with Crippen LogP contribution in [0.1, 0.15) is 26.5 Å². The highest BCUT2D eigenvalue weighted by molar-refractivity contribution is 5.78. The summed E-state index contributed by atoms with van der Waals surface area (Å²) in [5.74, 6) is 0.257. The fraction of sp³-hybridized carbons (Fsp3) is 0.412. The number of hydrogen-bond donors (Lipinski definition) is 3. The summed E-state index contributed by atoms with van der Waals surface area (Å²) in [6.07, 6.45) is 1.63. The van der Waals surface area contributed by atoms with Crippen molar-refractivity contribution < 1.29 is 9.59 Å². The van der Waals surface area contributed by atoms with E-state index >= 15 is 0 Å². The minimum Gasteiger partial charge on any atom is -0.354 e. The third-order valence-electron chi connectivity index (χ3n) is 3.72. The summed E-state index contributed by atoms with van der Waals surface area (Å²) < 4.78 is 1.29. The Balaban J connectivity index is 2.03. The van der Waals surface area contributed by atoms with E-state index in [0.717, 1.165) is 0 Å². The van der Waals surface area contributed by atoms with Crippen molar-refractivity contribution in [1.82, 2.24) is 25.4 Å². The number of nitrogens with one attached hydrogen (secondary N) is 3. The van der Waals surface area contributed by atoms with Crippen LogP contribution in [0.2, 0.25) is 0 Å². The van der Waals surface area contributed by atoms with Crippen LogP contribution in [0.5, 0.6) is 0 Å². The van der Waals surface area contributed by atoms with Gasteiger partial charge in [0.1, 0.15) is 0 Å². The van der Waals surface area contributed by atoms with Gasteiger partial charge in [-0.2, -0.15) is 0 Å². The average Bonchev–Trinajstić information content (AvgIpc) is 2.92. The van der Waals surface area contributed by atoms with Crippen LogP contribution < -0.4 is 16.2 Å². The molecule has 2 amide bonds. The number of H-pyrrole nitrogens is 1. The number of carbonyl (C=O) groups excluding carboxylic acids is 2. The molecule has 1 unspecified atom stereocenters. The Labute approximate surface area is 145 Å². The van der Waals surface area contributed by atoms with Gasteiger partial charge in [-0.05, 0) is 18.1 Å². The lowest BCUT2D eigenvalue weighted by molar-refractivity contribution is -0.122. The summed E-state index contributed by atoms with van der Waals surface area (Å²) in [6, 6.07) is 6.43. The van der Waals surface area contributed by atoms with Gasteiger partial charge in [-0.1, -0.05) is 19.9 Å². The molecule has 0 aliphatic heterocycles. The lowest BCUT2D eigenvalue weighted by Crippen LogP contribution is -2.46. The zero-order valence-electron chi connectivity index (χ0n) is 14.6. The molecule has 2 aromatic rings. The fourth-order valence-electron chi connectivity index (χ4n) is 2.33. The summed E-state index contributed by atoms with van der Waals surface area (Å²) in [5.41, 5.74) is 0.218. The van der Waals surface area contributed by atoms with Gasteiger partial charge in [-0.3, -0.25) is 19.5 Å². The predicted octanol–water partition coefficient (Wildman–Crippen LogP) is 0.380. The van der Waals surface area contributed by atoms with Crippen LogP contribution in [-0.4, -0.2) is 39.2 Å². The maximum absolute atomic E-state index is 12.3. The Bertz CT molecular complexity index is 779. The number of aromatic amines is 1. The smallest absolute Gasteiger partial charge is 0.272 e. The molecule has 0 spiro atoms. The van der Waals surface area contributed by atoms with E-state index in [1.165, 1.54) is 17.7 Å². The van der Waals surface area contributed by atoms with Gasteiger partial charge in [-0.25, -0.2) is 9.67 Å². The molecule has 0 bridgehead atoms. The second-order valence-electron chi connectivity index (χ2n) is 6.17. The monoisotopic (exact) mass is 345 g/mol. The number of amides is 2. The zero-order chi connectivity index (χ0) is 18.4. The van der Waals surface area contributed by atoms with E-state index < -0.39 is 0 Å². The Morgan fingerprint density at radius 1 is 1.32 bits per heavy atom. The summed E-state index contributed by atoms with van der Waals surface area (Å²) in [7, 11) is 0. The molecular weight excluding hydrogens is 322 g/mol. The average molecular weight is 345 g/mol. The molecule has 0 aliphatic carbocycles. The van der Waals surface area contributed by atoms with E-state index in [1.54, 1.807) is 24.4 Å². The maximum Gasteiger partial charge on any atom is 0.272 e. The van der Waals surface area contributed by atoms with Gasteiger partial charge in [0.25, 0.3) is 5.56 Å². The fourth-order valence-corrected chi connectivity index (χ4v) is 2.33. The molecule has 8 heteroatoms. The SMILES string of the molecule is CC(=O)NCC(NC(=O)Cc1cc(=O)n(-c2ccccn2)[nH]1)C(C)C. The number of carbonyl (C=O) groups is 2. The molecule has 0 saturated carbocycles. The highest BCUT2D eigenvalue weighted by Crippen LogP contribution is 2.03. The van der Waals surface area contributed by atoms with E-state index in [0.29, 0.717) is 18.1 Å². The molecule has 2 aromatic heterocycles. The van der Waals surface area contributed by atoms with E-state index in [9.17, 15) is 14.4 Å². The summed E-state index contributed by atoms with van der Waals surface area (Å²) in [4.78, 5) is 39.5. The number of aromatic nitrogens is 3. The second-order valence-corrected chi connectivity index (χ2v) is 6.17. The number of hydrogen-bond acceptors (Lipinski definition) is 4. The maximum atomic E-state index is 12.3. The van der Waals surface area contributed by atoms with E-state index in [-0.39, 0.29) is 35.8 Å². The number of pyridine rings is 1. The summed E-state index contributed by atoms with van der Waals surface area (Å²) in [6.45, 7) is 5.73. The van der Waals surface area contributed by atoms with Crippen LogP contribution >= 0.6 is 0 Å². The largest absolute Gasteiger partial charge is 0.354 e. The minimum atomic E-state index is -0.278. The molecule has 8 nitrogen and oxygen atoms in total. The van der Waals surface area contributed by atoms with Gasteiger partial charge in [0, 0.05) is 37.5 Å². The number of nitrogens with zero attached hydrogens (tertiary/aromatic N) is 2. The normalized spacial score (nSPS) is 12.0. The molecule has 0 aliphatic rings. The van der Waals surface area contributed by atoms with Gasteiger partial charge < -0.3 is 10.6 Å². The van der Waals surface area contributed by atoms with Crippen molar-refractivity contribution in [2.24, 2.45) is 5.92 Å². The first-order valence-electron chi connectivity index (χ1n) is 8.13. The Morgan fingerprint density at radius 2 is 2.08 bits per heavy atom. The van der Waals surface area contributed by atoms with E-state index in [2.05, 4.69) is 20.7 Å². The van der Waals surface area contributed by atoms with Crippen LogP contribution in [0, 0.1) is 5.92 Å². The van der Waals surface area contributed by atoms with Crippen LogP contribution in [0.4, 0.5) is 0 Å². The topological polar surface area (TPSA) is 109 Å². The second kappa shape index (κ2) is 8.27. The van der Waals surface area contributed by atoms with Crippen molar-refractivity contribution in [2.75, 3.05) is 6.54 Å². The van der Waals surface area contributed by atoms with Crippen LogP contribution in [0.3, 0.4) is 0 Å².